The standard InChI is InChI=1S/C16H22N2/c1-11-14(15(2,3)16(17)9-10-16)12-7-5-6-8-13(12)18(11)4/h5-8H,9-10,17H2,1-4H3. The number of aryl methyl sites for hydroxylation is 1. The van der Waals surface area contributed by atoms with E-state index in [0.29, 0.717) is 0 Å². The predicted octanol–water partition coefficient (Wildman–Crippen LogP) is 3.26. The van der Waals surface area contributed by atoms with Gasteiger partial charge in [0.05, 0.1) is 0 Å². The van der Waals surface area contributed by atoms with Crippen LogP contribution in [0.3, 0.4) is 0 Å². The van der Waals surface area contributed by atoms with Crippen molar-refractivity contribution in [2.75, 3.05) is 0 Å². The molecule has 1 heterocycles. The summed E-state index contributed by atoms with van der Waals surface area (Å²) in [4.78, 5) is 0. The van der Waals surface area contributed by atoms with Gasteiger partial charge in [-0.25, -0.2) is 0 Å². The van der Waals surface area contributed by atoms with Gasteiger partial charge >= 0.3 is 0 Å². The number of para-hydroxylation sites is 1. The molecule has 1 aromatic heterocycles. The molecule has 0 aliphatic heterocycles. The van der Waals surface area contributed by atoms with Crippen molar-refractivity contribution in [1.82, 2.24) is 4.57 Å². The van der Waals surface area contributed by atoms with Crippen molar-refractivity contribution in [1.29, 1.82) is 0 Å². The molecule has 1 saturated carbocycles. The van der Waals surface area contributed by atoms with Gasteiger partial charge in [0, 0.05) is 34.6 Å². The van der Waals surface area contributed by atoms with E-state index in [-0.39, 0.29) is 11.0 Å². The zero-order valence-corrected chi connectivity index (χ0v) is 11.7. The first kappa shape index (κ1) is 11.8. The molecule has 0 amide bonds. The van der Waals surface area contributed by atoms with Gasteiger partial charge in [-0.05, 0) is 31.4 Å². The molecule has 1 fully saturated rings. The zero-order chi connectivity index (χ0) is 13.1. The lowest BCUT2D eigenvalue weighted by Gasteiger charge is -2.33. The van der Waals surface area contributed by atoms with E-state index in [1.165, 1.54) is 22.2 Å². The van der Waals surface area contributed by atoms with E-state index in [1.54, 1.807) is 0 Å². The Morgan fingerprint density at radius 3 is 2.44 bits per heavy atom. The first-order valence-electron chi connectivity index (χ1n) is 6.72. The van der Waals surface area contributed by atoms with E-state index in [9.17, 15) is 0 Å². The number of fused-ring (bicyclic) bond motifs is 1. The molecule has 3 rings (SSSR count). The fourth-order valence-corrected chi connectivity index (χ4v) is 3.32. The Bertz CT molecular complexity index is 615. The average molecular weight is 242 g/mol. The van der Waals surface area contributed by atoms with Crippen molar-refractivity contribution in [3.63, 3.8) is 0 Å². The molecule has 1 aliphatic rings. The third-order valence-electron chi connectivity index (χ3n) is 5.06. The van der Waals surface area contributed by atoms with Crippen LogP contribution in [-0.4, -0.2) is 10.1 Å². The van der Waals surface area contributed by atoms with Gasteiger partial charge in [0.2, 0.25) is 0 Å². The molecule has 0 unspecified atom stereocenters. The fraction of sp³-hybridized carbons (Fsp3) is 0.500. The van der Waals surface area contributed by atoms with E-state index >= 15 is 0 Å². The second kappa shape index (κ2) is 3.39. The molecule has 0 bridgehead atoms. The second-order valence-corrected chi connectivity index (χ2v) is 6.32. The van der Waals surface area contributed by atoms with Crippen LogP contribution in [0.15, 0.2) is 24.3 Å². The topological polar surface area (TPSA) is 30.9 Å². The smallest absolute Gasteiger partial charge is 0.0482 e. The molecule has 0 radical (unpaired) electrons. The van der Waals surface area contributed by atoms with Crippen molar-refractivity contribution in [2.24, 2.45) is 12.8 Å². The van der Waals surface area contributed by atoms with Gasteiger partial charge < -0.3 is 10.3 Å². The molecule has 0 spiro atoms. The molecule has 1 aromatic carbocycles. The SMILES string of the molecule is Cc1c(C(C)(C)C2(N)CC2)c2ccccc2n1C. The van der Waals surface area contributed by atoms with Gasteiger partial charge in [-0.15, -0.1) is 0 Å². The molecule has 96 valence electrons. The van der Waals surface area contributed by atoms with Gasteiger partial charge in [-0.1, -0.05) is 32.0 Å². The van der Waals surface area contributed by atoms with E-state index in [4.69, 9.17) is 5.73 Å². The Kier molecular flexibility index (Phi) is 2.22. The van der Waals surface area contributed by atoms with Gasteiger partial charge in [0.15, 0.2) is 0 Å². The summed E-state index contributed by atoms with van der Waals surface area (Å²) >= 11 is 0. The molecular weight excluding hydrogens is 220 g/mol. The number of aromatic nitrogens is 1. The van der Waals surface area contributed by atoms with Crippen LogP contribution in [0, 0.1) is 6.92 Å². The number of nitrogens with two attached hydrogens (primary N) is 1. The van der Waals surface area contributed by atoms with Gasteiger partial charge in [0.25, 0.3) is 0 Å². The first-order valence-corrected chi connectivity index (χ1v) is 6.72. The lowest BCUT2D eigenvalue weighted by Crippen LogP contribution is -2.43. The van der Waals surface area contributed by atoms with Crippen LogP contribution in [0.1, 0.15) is 37.9 Å². The minimum absolute atomic E-state index is 0.0120. The third kappa shape index (κ3) is 1.33. The molecule has 2 nitrogen and oxygen atoms in total. The summed E-state index contributed by atoms with van der Waals surface area (Å²) in [5.74, 6) is 0. The van der Waals surface area contributed by atoms with E-state index in [2.05, 4.69) is 56.7 Å². The Hall–Kier alpha value is -1.28. The van der Waals surface area contributed by atoms with Crippen molar-refractivity contribution < 1.29 is 0 Å². The fourth-order valence-electron chi connectivity index (χ4n) is 3.32. The van der Waals surface area contributed by atoms with Crippen LogP contribution in [0.25, 0.3) is 10.9 Å². The van der Waals surface area contributed by atoms with Crippen LogP contribution in [0.5, 0.6) is 0 Å². The third-order valence-corrected chi connectivity index (χ3v) is 5.06. The Labute approximate surface area is 109 Å². The summed E-state index contributed by atoms with van der Waals surface area (Å²) in [5.41, 5.74) is 10.6. The second-order valence-electron chi connectivity index (χ2n) is 6.32. The summed E-state index contributed by atoms with van der Waals surface area (Å²) < 4.78 is 2.29. The highest BCUT2D eigenvalue weighted by Gasteiger charge is 2.53. The Morgan fingerprint density at radius 2 is 1.83 bits per heavy atom. The average Bonchev–Trinajstić information content (AvgIpc) is 3.03. The summed E-state index contributed by atoms with van der Waals surface area (Å²) in [6, 6.07) is 8.65. The minimum atomic E-state index is -0.0120. The van der Waals surface area contributed by atoms with Crippen molar-refractivity contribution in [3.05, 3.63) is 35.5 Å². The van der Waals surface area contributed by atoms with Gasteiger partial charge in [0.1, 0.15) is 0 Å². The van der Waals surface area contributed by atoms with Crippen LogP contribution >= 0.6 is 0 Å². The van der Waals surface area contributed by atoms with E-state index in [1.807, 2.05) is 0 Å². The number of hydrogen-bond acceptors (Lipinski definition) is 1. The van der Waals surface area contributed by atoms with Crippen molar-refractivity contribution >= 4 is 10.9 Å². The largest absolute Gasteiger partial charge is 0.348 e. The monoisotopic (exact) mass is 242 g/mol. The highest BCUT2D eigenvalue weighted by Crippen LogP contribution is 2.51. The minimum Gasteiger partial charge on any atom is -0.348 e. The Morgan fingerprint density at radius 1 is 1.22 bits per heavy atom. The number of hydrogen-bond donors (Lipinski definition) is 1. The van der Waals surface area contributed by atoms with Gasteiger partial charge in [-0.2, -0.15) is 0 Å². The molecule has 2 heteroatoms. The van der Waals surface area contributed by atoms with Gasteiger partial charge in [-0.3, -0.25) is 0 Å². The predicted molar refractivity (Wildman–Crippen MR) is 76.8 cm³/mol. The quantitative estimate of drug-likeness (QED) is 0.861. The maximum Gasteiger partial charge on any atom is 0.0482 e. The lowest BCUT2D eigenvalue weighted by molar-refractivity contribution is 0.391. The highest BCUT2D eigenvalue weighted by atomic mass is 15.0. The maximum atomic E-state index is 6.52. The highest BCUT2D eigenvalue weighted by molar-refractivity contribution is 5.87. The van der Waals surface area contributed by atoms with Crippen molar-refractivity contribution in [2.45, 2.75) is 44.6 Å². The number of rotatable bonds is 2. The van der Waals surface area contributed by atoms with Crippen LogP contribution in [0.2, 0.25) is 0 Å². The normalized spacial score (nSPS) is 18.3. The van der Waals surface area contributed by atoms with Crippen molar-refractivity contribution in [3.8, 4) is 0 Å². The molecule has 1 aliphatic carbocycles. The molecule has 0 saturated heterocycles. The van der Waals surface area contributed by atoms with Crippen LogP contribution in [-0.2, 0) is 12.5 Å². The summed E-state index contributed by atoms with van der Waals surface area (Å²) in [6.45, 7) is 6.81. The lowest BCUT2D eigenvalue weighted by atomic mass is 9.74. The first-order chi connectivity index (χ1) is 8.38. The maximum absolute atomic E-state index is 6.52. The molecule has 0 atom stereocenters. The summed E-state index contributed by atoms with van der Waals surface area (Å²) in [5, 5.41) is 1.36. The number of nitrogens with zero attached hydrogens (tertiary/aromatic N) is 1. The summed E-state index contributed by atoms with van der Waals surface area (Å²) in [7, 11) is 2.15. The van der Waals surface area contributed by atoms with E-state index < -0.39 is 0 Å². The van der Waals surface area contributed by atoms with Crippen LogP contribution < -0.4 is 5.73 Å². The number of benzene rings is 1. The Balaban J connectivity index is 2.32. The molecular formula is C16H22N2. The molecule has 18 heavy (non-hydrogen) atoms. The van der Waals surface area contributed by atoms with E-state index in [0.717, 1.165) is 12.8 Å². The van der Waals surface area contributed by atoms with Crippen LogP contribution in [0.4, 0.5) is 0 Å². The molecule has 2 aromatic rings. The zero-order valence-electron chi connectivity index (χ0n) is 11.7. The molecule has 2 N–H and O–H groups in total. The summed E-state index contributed by atoms with van der Waals surface area (Å²) in [6.07, 6.45) is 2.28.